The summed E-state index contributed by atoms with van der Waals surface area (Å²) < 4.78 is 0. The second-order valence-electron chi connectivity index (χ2n) is 6.81. The van der Waals surface area contributed by atoms with E-state index in [1.807, 2.05) is 18.2 Å². The maximum Gasteiger partial charge on any atom is 0.253 e. The predicted octanol–water partition coefficient (Wildman–Crippen LogP) is 2.49. The van der Waals surface area contributed by atoms with E-state index in [2.05, 4.69) is 10.5 Å². The van der Waals surface area contributed by atoms with E-state index in [4.69, 9.17) is 0 Å². The molecule has 2 aromatic carbocycles. The highest BCUT2D eigenvalue weighted by Crippen LogP contribution is 2.23. The fraction of sp³-hybridized carbons (Fsp3) is 0.286. The van der Waals surface area contributed by atoms with Crippen LogP contribution >= 0.6 is 0 Å². The lowest BCUT2D eigenvalue weighted by Gasteiger charge is -2.31. The number of hydrogen-bond acceptors (Lipinski definition) is 5. The lowest BCUT2D eigenvalue weighted by Crippen LogP contribution is -2.42. The van der Waals surface area contributed by atoms with Crippen LogP contribution in [0.5, 0.6) is 11.5 Å². The van der Waals surface area contributed by atoms with Gasteiger partial charge in [-0.15, -0.1) is 0 Å². The molecule has 1 heterocycles. The second kappa shape index (κ2) is 8.56. The number of aromatic hydroxyl groups is 2. The van der Waals surface area contributed by atoms with Gasteiger partial charge in [-0.3, -0.25) is 9.59 Å². The third-order valence-corrected chi connectivity index (χ3v) is 4.88. The normalized spacial score (nSPS) is 15.3. The molecule has 1 saturated heterocycles. The standard InChI is InChI=1S/C21H23N3O4/c1-14(18-8-7-17(25)13-19(18)26)22-23-20(27)15-9-11-24(12-10-15)21(28)16-5-3-2-4-6-16/h2-8,13,15,25-26H,9-12H2,1H3,(H,23,27)/b22-14+. The minimum Gasteiger partial charge on any atom is -0.508 e. The number of nitrogens with one attached hydrogen (secondary N) is 1. The summed E-state index contributed by atoms with van der Waals surface area (Å²) in [6, 6.07) is 13.3. The van der Waals surface area contributed by atoms with Crippen LogP contribution in [0.2, 0.25) is 0 Å². The van der Waals surface area contributed by atoms with E-state index >= 15 is 0 Å². The SMILES string of the molecule is C/C(=N\NC(=O)C1CCN(C(=O)c2ccccc2)CC1)c1ccc(O)cc1O. The number of piperidine rings is 1. The fourth-order valence-corrected chi connectivity index (χ4v) is 3.22. The van der Waals surface area contributed by atoms with Crippen LogP contribution in [-0.4, -0.2) is 45.7 Å². The number of rotatable bonds is 4. The molecule has 1 aliphatic rings. The Bertz CT molecular complexity index is 888. The average molecular weight is 381 g/mol. The van der Waals surface area contributed by atoms with Crippen molar-refractivity contribution in [2.75, 3.05) is 13.1 Å². The summed E-state index contributed by atoms with van der Waals surface area (Å²) in [5, 5.41) is 23.3. The molecule has 2 aromatic rings. The number of carbonyl (C=O) groups is 2. The average Bonchev–Trinajstić information content (AvgIpc) is 2.72. The van der Waals surface area contributed by atoms with Crippen LogP contribution in [0.15, 0.2) is 53.6 Å². The van der Waals surface area contributed by atoms with Gasteiger partial charge in [-0.1, -0.05) is 18.2 Å². The highest BCUT2D eigenvalue weighted by atomic mass is 16.3. The second-order valence-corrected chi connectivity index (χ2v) is 6.81. The Kier molecular flexibility index (Phi) is 5.93. The molecular weight excluding hydrogens is 358 g/mol. The van der Waals surface area contributed by atoms with Crippen molar-refractivity contribution in [3.8, 4) is 11.5 Å². The van der Waals surface area contributed by atoms with Crippen molar-refractivity contribution < 1.29 is 19.8 Å². The summed E-state index contributed by atoms with van der Waals surface area (Å²) >= 11 is 0. The largest absolute Gasteiger partial charge is 0.508 e. The van der Waals surface area contributed by atoms with Crippen molar-refractivity contribution in [1.82, 2.24) is 10.3 Å². The molecule has 0 bridgehead atoms. The molecule has 146 valence electrons. The number of carbonyl (C=O) groups excluding carboxylic acids is 2. The molecule has 28 heavy (non-hydrogen) atoms. The van der Waals surface area contributed by atoms with Crippen molar-refractivity contribution >= 4 is 17.5 Å². The monoisotopic (exact) mass is 381 g/mol. The zero-order valence-electron chi connectivity index (χ0n) is 15.6. The summed E-state index contributed by atoms with van der Waals surface area (Å²) in [5.74, 6) is -0.594. The molecule has 0 aliphatic carbocycles. The summed E-state index contributed by atoms with van der Waals surface area (Å²) in [6.45, 7) is 2.70. The Balaban J connectivity index is 1.54. The van der Waals surface area contributed by atoms with E-state index < -0.39 is 0 Å². The van der Waals surface area contributed by atoms with E-state index in [1.165, 1.54) is 18.2 Å². The van der Waals surface area contributed by atoms with E-state index in [0.29, 0.717) is 42.8 Å². The maximum atomic E-state index is 12.5. The first-order valence-electron chi connectivity index (χ1n) is 9.16. The molecule has 3 N–H and O–H groups in total. The number of hydrogen-bond donors (Lipinski definition) is 3. The van der Waals surface area contributed by atoms with Crippen molar-refractivity contribution in [1.29, 1.82) is 0 Å². The van der Waals surface area contributed by atoms with E-state index in [9.17, 15) is 19.8 Å². The Labute approximate surface area is 163 Å². The minimum absolute atomic E-state index is 0.0175. The van der Waals surface area contributed by atoms with Gasteiger partial charge in [0.15, 0.2) is 0 Å². The zero-order chi connectivity index (χ0) is 20.1. The van der Waals surface area contributed by atoms with Gasteiger partial charge in [0.1, 0.15) is 11.5 Å². The summed E-state index contributed by atoms with van der Waals surface area (Å²) in [7, 11) is 0. The highest BCUT2D eigenvalue weighted by molar-refractivity contribution is 6.01. The van der Waals surface area contributed by atoms with Crippen molar-refractivity contribution in [2.45, 2.75) is 19.8 Å². The molecule has 2 amide bonds. The molecule has 0 spiro atoms. The Hall–Kier alpha value is -3.35. The van der Waals surface area contributed by atoms with Crippen molar-refractivity contribution in [3.63, 3.8) is 0 Å². The van der Waals surface area contributed by atoms with Crippen LogP contribution in [0, 0.1) is 5.92 Å². The quantitative estimate of drug-likeness (QED) is 0.559. The molecule has 0 saturated carbocycles. The van der Waals surface area contributed by atoms with Gasteiger partial charge in [-0.2, -0.15) is 5.10 Å². The van der Waals surface area contributed by atoms with Gasteiger partial charge in [-0.25, -0.2) is 5.43 Å². The Morgan fingerprint density at radius 2 is 1.75 bits per heavy atom. The van der Waals surface area contributed by atoms with Crippen LogP contribution in [0.4, 0.5) is 0 Å². The third-order valence-electron chi connectivity index (χ3n) is 4.88. The lowest BCUT2D eigenvalue weighted by atomic mass is 9.95. The van der Waals surface area contributed by atoms with Gasteiger partial charge >= 0.3 is 0 Å². The highest BCUT2D eigenvalue weighted by Gasteiger charge is 2.27. The molecule has 7 heteroatoms. The predicted molar refractivity (Wildman–Crippen MR) is 105 cm³/mol. The number of likely N-dealkylation sites (tertiary alicyclic amines) is 1. The van der Waals surface area contributed by atoms with Gasteiger partial charge in [0.2, 0.25) is 5.91 Å². The number of amides is 2. The summed E-state index contributed by atoms with van der Waals surface area (Å²) in [4.78, 5) is 26.6. The smallest absolute Gasteiger partial charge is 0.253 e. The summed E-state index contributed by atoms with van der Waals surface area (Å²) in [6.07, 6.45) is 1.15. The van der Waals surface area contributed by atoms with Gasteiger partial charge in [0.25, 0.3) is 5.91 Å². The topological polar surface area (TPSA) is 102 Å². The molecule has 0 radical (unpaired) electrons. The molecule has 7 nitrogen and oxygen atoms in total. The lowest BCUT2D eigenvalue weighted by molar-refractivity contribution is -0.126. The molecule has 1 aliphatic heterocycles. The third kappa shape index (κ3) is 4.49. The molecule has 0 atom stereocenters. The van der Waals surface area contributed by atoms with Crippen LogP contribution in [-0.2, 0) is 4.79 Å². The minimum atomic E-state index is -0.218. The molecule has 0 aromatic heterocycles. The Morgan fingerprint density at radius 3 is 2.39 bits per heavy atom. The fourth-order valence-electron chi connectivity index (χ4n) is 3.22. The van der Waals surface area contributed by atoms with Crippen LogP contribution in [0.1, 0.15) is 35.7 Å². The van der Waals surface area contributed by atoms with Crippen LogP contribution in [0.25, 0.3) is 0 Å². The molecule has 3 rings (SSSR count). The number of benzene rings is 2. The number of phenols is 2. The van der Waals surface area contributed by atoms with Gasteiger partial charge < -0.3 is 15.1 Å². The first-order chi connectivity index (χ1) is 13.5. The number of phenolic OH excluding ortho intramolecular Hbond substituents is 2. The summed E-state index contributed by atoms with van der Waals surface area (Å²) in [5.41, 5.74) is 4.06. The van der Waals surface area contributed by atoms with Crippen molar-refractivity contribution in [3.05, 3.63) is 59.7 Å². The van der Waals surface area contributed by atoms with Gasteiger partial charge in [-0.05, 0) is 44.0 Å². The molecule has 0 unspecified atom stereocenters. The van der Waals surface area contributed by atoms with E-state index in [1.54, 1.807) is 24.0 Å². The molecule has 1 fully saturated rings. The van der Waals surface area contributed by atoms with Gasteiger partial charge in [0.05, 0.1) is 5.71 Å². The number of nitrogens with zero attached hydrogens (tertiary/aromatic N) is 2. The molecular formula is C21H23N3O4. The Morgan fingerprint density at radius 1 is 1.07 bits per heavy atom. The van der Waals surface area contributed by atoms with E-state index in [0.717, 1.165) is 0 Å². The van der Waals surface area contributed by atoms with Gasteiger partial charge in [0, 0.05) is 36.2 Å². The first-order valence-corrected chi connectivity index (χ1v) is 9.16. The maximum absolute atomic E-state index is 12.5. The number of hydrazone groups is 1. The zero-order valence-corrected chi connectivity index (χ0v) is 15.6. The van der Waals surface area contributed by atoms with E-state index in [-0.39, 0.29) is 29.2 Å². The first kappa shape index (κ1) is 19.4. The van der Waals surface area contributed by atoms with Crippen molar-refractivity contribution in [2.24, 2.45) is 11.0 Å². The van der Waals surface area contributed by atoms with Crippen LogP contribution in [0.3, 0.4) is 0 Å². The van der Waals surface area contributed by atoms with Crippen LogP contribution < -0.4 is 5.43 Å².